The summed E-state index contributed by atoms with van der Waals surface area (Å²) >= 11 is 0. The maximum absolute atomic E-state index is 8.99. The maximum atomic E-state index is 8.99. The summed E-state index contributed by atoms with van der Waals surface area (Å²) in [6.45, 7) is 6.31. The van der Waals surface area contributed by atoms with Gasteiger partial charge < -0.3 is 15.0 Å². The molecule has 1 fully saturated rings. The third kappa shape index (κ3) is 7.61. The molecule has 0 bridgehead atoms. The van der Waals surface area contributed by atoms with Gasteiger partial charge in [0.1, 0.15) is 0 Å². The van der Waals surface area contributed by atoms with E-state index in [-0.39, 0.29) is 24.0 Å². The lowest BCUT2D eigenvalue weighted by Gasteiger charge is -2.26. The largest absolute Gasteiger partial charge is 0.381 e. The van der Waals surface area contributed by atoms with Gasteiger partial charge in [0, 0.05) is 33.4 Å². The van der Waals surface area contributed by atoms with Gasteiger partial charge in [0.15, 0.2) is 5.96 Å². The fraction of sp³-hybridized carbons (Fsp3) is 0.579. The van der Waals surface area contributed by atoms with E-state index in [0.717, 1.165) is 43.7 Å². The first-order valence-corrected chi connectivity index (χ1v) is 8.79. The van der Waals surface area contributed by atoms with Crippen molar-refractivity contribution in [2.45, 2.75) is 32.7 Å². The van der Waals surface area contributed by atoms with Gasteiger partial charge in [0.25, 0.3) is 0 Å². The molecule has 1 saturated heterocycles. The second kappa shape index (κ2) is 12.1. The smallest absolute Gasteiger partial charge is 0.193 e. The highest BCUT2D eigenvalue weighted by Gasteiger charge is 2.15. The number of rotatable bonds is 6. The van der Waals surface area contributed by atoms with Gasteiger partial charge in [-0.15, -0.1) is 24.0 Å². The SMILES string of the molecule is CCNC(=NCc1cccc(C#N)c1)N(C)CCC1CCOCC1.I. The van der Waals surface area contributed by atoms with Gasteiger partial charge >= 0.3 is 0 Å². The second-order valence-corrected chi connectivity index (χ2v) is 6.25. The summed E-state index contributed by atoms with van der Waals surface area (Å²) in [6.07, 6.45) is 3.51. The number of hydrogen-bond donors (Lipinski definition) is 1. The fourth-order valence-corrected chi connectivity index (χ4v) is 2.89. The molecule has 6 heteroatoms. The first-order chi connectivity index (χ1) is 11.7. The minimum absolute atomic E-state index is 0. The minimum atomic E-state index is 0. The summed E-state index contributed by atoms with van der Waals surface area (Å²) in [6, 6.07) is 9.81. The highest BCUT2D eigenvalue weighted by Crippen LogP contribution is 2.18. The van der Waals surface area contributed by atoms with Crippen LogP contribution in [0.3, 0.4) is 0 Å². The van der Waals surface area contributed by atoms with Gasteiger partial charge in [-0.05, 0) is 49.8 Å². The number of hydrogen-bond acceptors (Lipinski definition) is 3. The quantitative estimate of drug-likeness (QED) is 0.405. The number of benzene rings is 1. The Morgan fingerprint density at radius 2 is 2.16 bits per heavy atom. The Balaban J connectivity index is 0.00000312. The summed E-state index contributed by atoms with van der Waals surface area (Å²) in [5, 5.41) is 12.3. The Labute approximate surface area is 168 Å². The standard InChI is InChI=1S/C19H28N4O.HI/c1-3-21-19(22-15-18-6-4-5-17(13-18)14-20)23(2)10-7-16-8-11-24-12-9-16;/h4-6,13,16H,3,7-12,15H2,1-2H3,(H,21,22);1H. The zero-order chi connectivity index (χ0) is 17.2. The lowest BCUT2D eigenvalue weighted by molar-refractivity contribution is 0.0625. The summed E-state index contributed by atoms with van der Waals surface area (Å²) in [5.41, 5.74) is 1.74. The second-order valence-electron chi connectivity index (χ2n) is 6.25. The first-order valence-electron chi connectivity index (χ1n) is 8.79. The molecule has 0 radical (unpaired) electrons. The number of ether oxygens (including phenoxy) is 1. The van der Waals surface area contributed by atoms with Crippen molar-refractivity contribution in [2.75, 3.05) is 33.4 Å². The Morgan fingerprint density at radius 1 is 1.40 bits per heavy atom. The summed E-state index contributed by atoms with van der Waals surface area (Å²) < 4.78 is 5.43. The van der Waals surface area contributed by atoms with Crippen molar-refractivity contribution in [3.63, 3.8) is 0 Å². The molecule has 1 heterocycles. The number of nitrogens with zero attached hydrogens (tertiary/aromatic N) is 3. The number of aliphatic imine (C=N–C) groups is 1. The number of nitriles is 1. The van der Waals surface area contributed by atoms with E-state index in [2.05, 4.69) is 30.3 Å². The van der Waals surface area contributed by atoms with Crippen LogP contribution in [0.15, 0.2) is 29.3 Å². The van der Waals surface area contributed by atoms with Crippen molar-refractivity contribution in [2.24, 2.45) is 10.9 Å². The highest BCUT2D eigenvalue weighted by molar-refractivity contribution is 14.0. The predicted octanol–water partition coefficient (Wildman–Crippen LogP) is 3.39. The van der Waals surface area contributed by atoms with E-state index < -0.39 is 0 Å². The molecule has 0 aromatic heterocycles. The normalized spacial score (nSPS) is 15.2. The van der Waals surface area contributed by atoms with Crippen molar-refractivity contribution in [1.82, 2.24) is 10.2 Å². The van der Waals surface area contributed by atoms with Crippen molar-refractivity contribution in [3.8, 4) is 6.07 Å². The van der Waals surface area contributed by atoms with E-state index >= 15 is 0 Å². The third-order valence-electron chi connectivity index (χ3n) is 4.38. The Hall–Kier alpha value is -1.33. The van der Waals surface area contributed by atoms with Gasteiger partial charge in [-0.2, -0.15) is 5.26 Å². The lowest BCUT2D eigenvalue weighted by atomic mass is 9.96. The Kier molecular flexibility index (Phi) is 10.5. The van der Waals surface area contributed by atoms with Crippen LogP contribution in [0, 0.1) is 17.2 Å². The number of nitrogens with one attached hydrogen (secondary N) is 1. The van der Waals surface area contributed by atoms with E-state index in [1.54, 1.807) is 0 Å². The van der Waals surface area contributed by atoms with Gasteiger partial charge in [-0.25, -0.2) is 4.99 Å². The van der Waals surface area contributed by atoms with E-state index in [9.17, 15) is 0 Å². The van der Waals surface area contributed by atoms with Crippen molar-refractivity contribution in [1.29, 1.82) is 5.26 Å². The average molecular weight is 456 g/mol. The molecule has 1 aromatic carbocycles. The predicted molar refractivity (Wildman–Crippen MR) is 112 cm³/mol. The molecule has 1 aromatic rings. The zero-order valence-electron chi connectivity index (χ0n) is 15.2. The van der Waals surface area contributed by atoms with E-state index in [1.807, 2.05) is 24.3 Å². The molecule has 5 nitrogen and oxygen atoms in total. The van der Waals surface area contributed by atoms with E-state index in [4.69, 9.17) is 15.0 Å². The molecule has 1 aliphatic rings. The van der Waals surface area contributed by atoms with Crippen LogP contribution in [0.25, 0.3) is 0 Å². The van der Waals surface area contributed by atoms with E-state index in [0.29, 0.717) is 12.1 Å². The lowest BCUT2D eigenvalue weighted by Crippen LogP contribution is -2.40. The monoisotopic (exact) mass is 456 g/mol. The minimum Gasteiger partial charge on any atom is -0.381 e. The fourth-order valence-electron chi connectivity index (χ4n) is 2.89. The van der Waals surface area contributed by atoms with Crippen LogP contribution in [0.4, 0.5) is 0 Å². The number of guanidine groups is 1. The zero-order valence-corrected chi connectivity index (χ0v) is 17.5. The Morgan fingerprint density at radius 3 is 2.84 bits per heavy atom. The average Bonchev–Trinajstić information content (AvgIpc) is 2.64. The van der Waals surface area contributed by atoms with Crippen LogP contribution >= 0.6 is 24.0 Å². The van der Waals surface area contributed by atoms with E-state index in [1.165, 1.54) is 19.3 Å². The van der Waals surface area contributed by atoms with Crippen molar-refractivity contribution >= 4 is 29.9 Å². The molecule has 0 aliphatic carbocycles. The molecule has 0 atom stereocenters. The first kappa shape index (κ1) is 21.7. The van der Waals surface area contributed by atoms with Crippen molar-refractivity contribution < 1.29 is 4.74 Å². The molecule has 0 amide bonds. The van der Waals surface area contributed by atoms with Gasteiger partial charge in [-0.3, -0.25) is 0 Å². The maximum Gasteiger partial charge on any atom is 0.193 e. The summed E-state index contributed by atoms with van der Waals surface area (Å²) in [4.78, 5) is 6.92. The van der Waals surface area contributed by atoms with Gasteiger partial charge in [0.2, 0.25) is 0 Å². The van der Waals surface area contributed by atoms with Gasteiger partial charge in [0.05, 0.1) is 18.2 Å². The molecular formula is C19H29IN4O. The van der Waals surface area contributed by atoms with Crippen LogP contribution in [0.1, 0.15) is 37.3 Å². The molecular weight excluding hydrogens is 427 g/mol. The molecule has 1 aliphatic heterocycles. The van der Waals surface area contributed by atoms with Crippen LogP contribution in [-0.2, 0) is 11.3 Å². The molecule has 138 valence electrons. The van der Waals surface area contributed by atoms with Crippen LogP contribution in [-0.4, -0.2) is 44.2 Å². The van der Waals surface area contributed by atoms with Crippen LogP contribution in [0.5, 0.6) is 0 Å². The highest BCUT2D eigenvalue weighted by atomic mass is 127. The molecule has 0 unspecified atom stereocenters. The molecule has 2 rings (SSSR count). The number of halogens is 1. The third-order valence-corrected chi connectivity index (χ3v) is 4.38. The summed E-state index contributed by atoms with van der Waals surface area (Å²) in [5.74, 6) is 1.68. The molecule has 0 spiro atoms. The molecule has 25 heavy (non-hydrogen) atoms. The molecule has 1 N–H and O–H groups in total. The topological polar surface area (TPSA) is 60.7 Å². The van der Waals surface area contributed by atoms with Crippen LogP contribution < -0.4 is 5.32 Å². The van der Waals surface area contributed by atoms with Crippen LogP contribution in [0.2, 0.25) is 0 Å². The van der Waals surface area contributed by atoms with Crippen molar-refractivity contribution in [3.05, 3.63) is 35.4 Å². The Bertz CT molecular complexity index is 579. The molecule has 0 saturated carbocycles. The van der Waals surface area contributed by atoms with Gasteiger partial charge in [-0.1, -0.05) is 12.1 Å². The summed E-state index contributed by atoms with van der Waals surface area (Å²) in [7, 11) is 2.09.